The lowest BCUT2D eigenvalue weighted by Gasteiger charge is -2.05. The number of aliphatic hydroxyl groups is 1. The third-order valence-electron chi connectivity index (χ3n) is 4.41. The molecule has 0 aliphatic heterocycles. The van der Waals surface area contributed by atoms with Crippen LogP contribution in [0.25, 0.3) is 0 Å². The van der Waals surface area contributed by atoms with Crippen LogP contribution in [0.15, 0.2) is 0 Å². The van der Waals surface area contributed by atoms with Crippen LogP contribution >= 0.6 is 0 Å². The van der Waals surface area contributed by atoms with Crippen molar-refractivity contribution in [3.63, 3.8) is 0 Å². The third-order valence-corrected chi connectivity index (χ3v) is 4.41. The summed E-state index contributed by atoms with van der Waals surface area (Å²) in [5, 5.41) is 11.5. The average molecular weight is 328 g/mol. The maximum atomic E-state index is 11.3. The fourth-order valence-electron chi connectivity index (χ4n) is 2.88. The number of nitrogens with one attached hydrogen (secondary N) is 1. The molecule has 0 spiro atoms. The molecular formula is C20H41NO2. The standard InChI is InChI=1S/C20H41NO2/c1-2-3-4-5-6-7-8-9-10-11-12-13-14-15-18-21-20(23)17-16-19-22/h22H,2-19H2,1H3,(H,21,23). The number of hydrogen-bond donors (Lipinski definition) is 2. The molecule has 138 valence electrons. The second-order valence-electron chi connectivity index (χ2n) is 6.77. The van der Waals surface area contributed by atoms with E-state index in [1.54, 1.807) is 0 Å². The molecule has 0 heterocycles. The van der Waals surface area contributed by atoms with E-state index >= 15 is 0 Å². The molecule has 0 radical (unpaired) electrons. The first-order valence-corrected chi connectivity index (χ1v) is 10.2. The molecule has 3 heteroatoms. The molecule has 0 aliphatic carbocycles. The van der Waals surface area contributed by atoms with Crippen LogP contribution in [0.1, 0.15) is 110 Å². The minimum Gasteiger partial charge on any atom is -0.396 e. The minimum atomic E-state index is 0.0775. The maximum absolute atomic E-state index is 11.3. The number of hydrogen-bond acceptors (Lipinski definition) is 2. The van der Waals surface area contributed by atoms with Gasteiger partial charge in [-0.05, 0) is 12.8 Å². The monoisotopic (exact) mass is 327 g/mol. The smallest absolute Gasteiger partial charge is 0.220 e. The Kier molecular flexibility index (Phi) is 19.0. The van der Waals surface area contributed by atoms with E-state index in [-0.39, 0.29) is 12.5 Å². The van der Waals surface area contributed by atoms with Gasteiger partial charge < -0.3 is 10.4 Å². The second-order valence-corrected chi connectivity index (χ2v) is 6.77. The molecule has 0 fully saturated rings. The predicted molar refractivity (Wildman–Crippen MR) is 99.6 cm³/mol. The first-order chi connectivity index (χ1) is 11.3. The molecule has 2 N–H and O–H groups in total. The number of unbranched alkanes of at least 4 members (excludes halogenated alkanes) is 13. The number of carbonyl (C=O) groups excluding carboxylic acids is 1. The molecule has 0 aromatic heterocycles. The molecule has 0 rings (SSSR count). The highest BCUT2D eigenvalue weighted by molar-refractivity contribution is 5.75. The summed E-state index contributed by atoms with van der Waals surface area (Å²) < 4.78 is 0. The van der Waals surface area contributed by atoms with Crippen molar-refractivity contribution in [3.05, 3.63) is 0 Å². The summed E-state index contributed by atoms with van der Waals surface area (Å²) in [4.78, 5) is 11.3. The Labute approximate surface area is 144 Å². The van der Waals surface area contributed by atoms with Crippen LogP contribution in [-0.2, 0) is 4.79 Å². The van der Waals surface area contributed by atoms with Gasteiger partial charge in [0.25, 0.3) is 0 Å². The van der Waals surface area contributed by atoms with Crippen molar-refractivity contribution in [1.82, 2.24) is 5.32 Å². The van der Waals surface area contributed by atoms with Gasteiger partial charge >= 0.3 is 0 Å². The lowest BCUT2D eigenvalue weighted by Crippen LogP contribution is -2.24. The Morgan fingerprint density at radius 3 is 1.57 bits per heavy atom. The van der Waals surface area contributed by atoms with E-state index in [4.69, 9.17) is 5.11 Å². The molecule has 0 aromatic carbocycles. The third kappa shape index (κ3) is 19.4. The molecule has 0 aromatic rings. The first kappa shape index (κ1) is 22.4. The maximum Gasteiger partial charge on any atom is 0.220 e. The SMILES string of the molecule is CCCCCCCCCCCCCCCCNC(=O)CCCO. The second kappa shape index (κ2) is 19.5. The predicted octanol–water partition coefficient (Wildman–Crippen LogP) is 5.36. The zero-order chi connectivity index (χ0) is 17.0. The summed E-state index contributed by atoms with van der Waals surface area (Å²) >= 11 is 0. The molecule has 0 aliphatic rings. The fraction of sp³-hybridized carbons (Fsp3) is 0.950. The summed E-state index contributed by atoms with van der Waals surface area (Å²) in [6.45, 7) is 3.17. The van der Waals surface area contributed by atoms with Crippen molar-refractivity contribution in [2.75, 3.05) is 13.2 Å². The van der Waals surface area contributed by atoms with Crippen molar-refractivity contribution < 1.29 is 9.90 Å². The van der Waals surface area contributed by atoms with Crippen LogP contribution in [0.5, 0.6) is 0 Å². The Hall–Kier alpha value is -0.570. The summed E-state index contributed by atoms with van der Waals surface area (Å²) in [7, 11) is 0. The molecular weight excluding hydrogens is 286 g/mol. The van der Waals surface area contributed by atoms with Gasteiger partial charge in [-0.1, -0.05) is 90.4 Å². The van der Waals surface area contributed by atoms with Gasteiger partial charge in [0.15, 0.2) is 0 Å². The van der Waals surface area contributed by atoms with Gasteiger partial charge in [-0.3, -0.25) is 4.79 Å². The van der Waals surface area contributed by atoms with Gasteiger partial charge in [-0.25, -0.2) is 0 Å². The lowest BCUT2D eigenvalue weighted by atomic mass is 10.0. The Morgan fingerprint density at radius 1 is 0.696 bits per heavy atom. The highest BCUT2D eigenvalue weighted by Crippen LogP contribution is 2.12. The topological polar surface area (TPSA) is 49.3 Å². The fourth-order valence-corrected chi connectivity index (χ4v) is 2.88. The van der Waals surface area contributed by atoms with E-state index in [1.807, 2.05) is 0 Å². The van der Waals surface area contributed by atoms with Crippen LogP contribution in [0.4, 0.5) is 0 Å². The zero-order valence-corrected chi connectivity index (χ0v) is 15.6. The van der Waals surface area contributed by atoms with E-state index < -0.39 is 0 Å². The molecule has 0 saturated carbocycles. The van der Waals surface area contributed by atoms with Crippen LogP contribution in [-0.4, -0.2) is 24.2 Å². The van der Waals surface area contributed by atoms with Gasteiger partial charge in [0.1, 0.15) is 0 Å². The summed E-state index contributed by atoms with van der Waals surface area (Å²) in [6, 6.07) is 0. The van der Waals surface area contributed by atoms with Gasteiger partial charge in [0.2, 0.25) is 5.91 Å². The largest absolute Gasteiger partial charge is 0.396 e. The number of carbonyl (C=O) groups is 1. The molecule has 0 saturated heterocycles. The highest BCUT2D eigenvalue weighted by atomic mass is 16.3. The molecule has 0 unspecified atom stereocenters. The molecule has 1 amide bonds. The van der Waals surface area contributed by atoms with E-state index in [9.17, 15) is 4.79 Å². The van der Waals surface area contributed by atoms with Gasteiger partial charge in [0, 0.05) is 19.6 Å². The van der Waals surface area contributed by atoms with Crippen molar-refractivity contribution in [1.29, 1.82) is 0 Å². The van der Waals surface area contributed by atoms with Gasteiger partial charge in [-0.15, -0.1) is 0 Å². The summed E-state index contributed by atoms with van der Waals surface area (Å²) in [5.41, 5.74) is 0. The normalized spacial score (nSPS) is 10.9. The van der Waals surface area contributed by atoms with Crippen LogP contribution in [0.2, 0.25) is 0 Å². The van der Waals surface area contributed by atoms with E-state index in [1.165, 1.54) is 83.5 Å². The number of amides is 1. The average Bonchev–Trinajstić information content (AvgIpc) is 2.56. The Bertz CT molecular complexity index is 244. The minimum absolute atomic E-state index is 0.0775. The molecule has 0 bridgehead atoms. The van der Waals surface area contributed by atoms with Crippen molar-refractivity contribution >= 4 is 5.91 Å². The molecule has 23 heavy (non-hydrogen) atoms. The zero-order valence-electron chi connectivity index (χ0n) is 15.6. The molecule has 3 nitrogen and oxygen atoms in total. The van der Waals surface area contributed by atoms with E-state index in [2.05, 4.69) is 12.2 Å². The van der Waals surface area contributed by atoms with E-state index in [0.717, 1.165) is 13.0 Å². The van der Waals surface area contributed by atoms with Crippen molar-refractivity contribution in [2.24, 2.45) is 0 Å². The lowest BCUT2D eigenvalue weighted by molar-refractivity contribution is -0.121. The van der Waals surface area contributed by atoms with Crippen molar-refractivity contribution in [3.8, 4) is 0 Å². The number of rotatable bonds is 18. The Balaban J connectivity index is 3.04. The van der Waals surface area contributed by atoms with Crippen LogP contribution in [0, 0.1) is 0 Å². The van der Waals surface area contributed by atoms with Gasteiger partial charge in [-0.2, -0.15) is 0 Å². The summed E-state index contributed by atoms with van der Waals surface area (Å²) in [6.07, 6.45) is 20.1. The number of aliphatic hydroxyl groups excluding tert-OH is 1. The summed E-state index contributed by atoms with van der Waals surface area (Å²) in [5.74, 6) is 0.0775. The highest BCUT2D eigenvalue weighted by Gasteiger charge is 1.99. The van der Waals surface area contributed by atoms with Crippen molar-refractivity contribution in [2.45, 2.75) is 110 Å². The van der Waals surface area contributed by atoms with Crippen LogP contribution in [0.3, 0.4) is 0 Å². The Morgan fingerprint density at radius 2 is 1.13 bits per heavy atom. The van der Waals surface area contributed by atoms with E-state index in [0.29, 0.717) is 12.8 Å². The van der Waals surface area contributed by atoms with Crippen LogP contribution < -0.4 is 5.32 Å². The first-order valence-electron chi connectivity index (χ1n) is 10.2. The quantitative estimate of drug-likeness (QED) is 0.333. The molecule has 0 atom stereocenters. The van der Waals surface area contributed by atoms with Gasteiger partial charge in [0.05, 0.1) is 0 Å².